The molecule has 0 saturated carbocycles. The van der Waals surface area contributed by atoms with Crippen LogP contribution >= 0.6 is 0 Å². The Morgan fingerprint density at radius 2 is 2.27 bits per heavy atom. The van der Waals surface area contributed by atoms with E-state index in [0.717, 1.165) is 0 Å². The Bertz CT molecular complexity index is 181. The van der Waals surface area contributed by atoms with E-state index in [9.17, 15) is 9.59 Å². The van der Waals surface area contributed by atoms with Crippen LogP contribution in [0.1, 0.15) is 0 Å². The SMILES string of the molecule is NC(=O)C1(C(=O)O)NCCO1. The summed E-state index contributed by atoms with van der Waals surface area (Å²) in [5.41, 5.74) is 2.83. The zero-order valence-corrected chi connectivity index (χ0v) is 5.66. The number of carboxylic acids is 1. The number of hydrogen-bond acceptors (Lipinski definition) is 4. The number of carbonyl (C=O) groups is 2. The lowest BCUT2D eigenvalue weighted by Crippen LogP contribution is -2.58. The summed E-state index contributed by atoms with van der Waals surface area (Å²) in [5, 5.41) is 10.9. The van der Waals surface area contributed by atoms with Gasteiger partial charge in [0.2, 0.25) is 0 Å². The largest absolute Gasteiger partial charge is 0.478 e. The molecule has 1 aliphatic heterocycles. The molecule has 4 N–H and O–H groups in total. The summed E-state index contributed by atoms with van der Waals surface area (Å²) in [6, 6.07) is 0. The molecule has 0 radical (unpaired) electrons. The fourth-order valence-electron chi connectivity index (χ4n) is 0.883. The molecule has 0 bridgehead atoms. The fraction of sp³-hybridized carbons (Fsp3) is 0.600. The maximum absolute atomic E-state index is 10.6. The number of aliphatic carboxylic acids is 1. The van der Waals surface area contributed by atoms with E-state index in [1.54, 1.807) is 0 Å². The number of primary amides is 1. The molecule has 1 heterocycles. The maximum Gasteiger partial charge on any atom is 0.361 e. The van der Waals surface area contributed by atoms with Crippen molar-refractivity contribution in [2.75, 3.05) is 13.2 Å². The highest BCUT2D eigenvalue weighted by Crippen LogP contribution is 2.11. The third kappa shape index (κ3) is 1.06. The minimum Gasteiger partial charge on any atom is -0.478 e. The molecule has 1 rings (SSSR count). The minimum atomic E-state index is -2.00. The highest BCUT2D eigenvalue weighted by Gasteiger charge is 2.49. The molecule has 1 aliphatic rings. The first kappa shape index (κ1) is 7.96. The van der Waals surface area contributed by atoms with Crippen molar-refractivity contribution in [3.8, 4) is 0 Å². The van der Waals surface area contributed by atoms with Gasteiger partial charge >= 0.3 is 5.97 Å². The topological polar surface area (TPSA) is 102 Å². The third-order valence-corrected chi connectivity index (χ3v) is 1.44. The molecule has 6 nitrogen and oxygen atoms in total. The van der Waals surface area contributed by atoms with Crippen LogP contribution in [0.3, 0.4) is 0 Å². The third-order valence-electron chi connectivity index (χ3n) is 1.44. The highest BCUT2D eigenvalue weighted by molar-refractivity contribution is 6.04. The van der Waals surface area contributed by atoms with Crippen molar-refractivity contribution in [3.05, 3.63) is 0 Å². The fourth-order valence-corrected chi connectivity index (χ4v) is 0.883. The first-order valence-electron chi connectivity index (χ1n) is 3.02. The van der Waals surface area contributed by atoms with E-state index < -0.39 is 17.6 Å². The lowest BCUT2D eigenvalue weighted by atomic mass is 10.2. The maximum atomic E-state index is 10.6. The number of hydrogen-bond donors (Lipinski definition) is 3. The molecule has 0 aliphatic carbocycles. The Hall–Kier alpha value is -1.14. The molecule has 0 aromatic rings. The molecular formula is C5H8N2O4. The van der Waals surface area contributed by atoms with Gasteiger partial charge in [-0.3, -0.25) is 10.1 Å². The molecule has 1 fully saturated rings. The molecule has 1 atom stereocenters. The van der Waals surface area contributed by atoms with Gasteiger partial charge < -0.3 is 15.6 Å². The van der Waals surface area contributed by atoms with Gasteiger partial charge in [-0.2, -0.15) is 0 Å². The van der Waals surface area contributed by atoms with Gasteiger partial charge in [0.1, 0.15) is 0 Å². The first-order chi connectivity index (χ1) is 5.09. The molecule has 6 heteroatoms. The summed E-state index contributed by atoms with van der Waals surface area (Å²) in [5.74, 6) is -2.43. The first-order valence-corrected chi connectivity index (χ1v) is 3.02. The smallest absolute Gasteiger partial charge is 0.361 e. The quantitative estimate of drug-likeness (QED) is 0.400. The Labute approximate surface area is 62.3 Å². The molecule has 1 amide bonds. The van der Waals surface area contributed by atoms with Crippen LogP contribution in [0.5, 0.6) is 0 Å². The molecule has 1 saturated heterocycles. The average Bonchev–Trinajstić information content (AvgIpc) is 2.34. The van der Waals surface area contributed by atoms with Crippen molar-refractivity contribution in [1.29, 1.82) is 0 Å². The van der Waals surface area contributed by atoms with E-state index in [2.05, 4.69) is 10.1 Å². The van der Waals surface area contributed by atoms with Gasteiger partial charge in [0.25, 0.3) is 11.6 Å². The number of nitrogens with one attached hydrogen (secondary N) is 1. The standard InChI is InChI=1S/C5H8N2O4/c6-3(8)5(4(9)10)7-1-2-11-5/h7H,1-2H2,(H2,6,8)(H,9,10). The van der Waals surface area contributed by atoms with Gasteiger partial charge in [-0.1, -0.05) is 0 Å². The van der Waals surface area contributed by atoms with Crippen LogP contribution in [0.25, 0.3) is 0 Å². The van der Waals surface area contributed by atoms with E-state index in [1.807, 2.05) is 0 Å². The van der Waals surface area contributed by atoms with Crippen LogP contribution < -0.4 is 11.1 Å². The zero-order valence-electron chi connectivity index (χ0n) is 5.66. The molecule has 1 unspecified atom stereocenters. The summed E-state index contributed by atoms with van der Waals surface area (Å²) in [6.45, 7) is 0.491. The minimum absolute atomic E-state index is 0.176. The highest BCUT2D eigenvalue weighted by atomic mass is 16.6. The number of amides is 1. The van der Waals surface area contributed by atoms with Crippen LogP contribution in [0, 0.1) is 0 Å². The molecule has 0 aromatic carbocycles. The second-order valence-corrected chi connectivity index (χ2v) is 2.13. The number of nitrogens with two attached hydrogens (primary N) is 1. The molecule has 11 heavy (non-hydrogen) atoms. The Morgan fingerprint density at radius 3 is 2.45 bits per heavy atom. The van der Waals surface area contributed by atoms with Gasteiger partial charge in [0, 0.05) is 6.54 Å². The van der Waals surface area contributed by atoms with Crippen molar-refractivity contribution in [1.82, 2.24) is 5.32 Å². The summed E-state index contributed by atoms with van der Waals surface area (Å²) >= 11 is 0. The van der Waals surface area contributed by atoms with E-state index in [-0.39, 0.29) is 6.61 Å². The van der Waals surface area contributed by atoms with Crippen molar-refractivity contribution >= 4 is 11.9 Å². The summed E-state index contributed by atoms with van der Waals surface area (Å²) in [7, 11) is 0. The Morgan fingerprint density at radius 1 is 1.64 bits per heavy atom. The van der Waals surface area contributed by atoms with Gasteiger partial charge in [0.05, 0.1) is 6.61 Å². The lowest BCUT2D eigenvalue weighted by Gasteiger charge is -2.18. The molecular weight excluding hydrogens is 152 g/mol. The Balaban J connectivity index is 2.87. The van der Waals surface area contributed by atoms with Crippen LogP contribution in [0.15, 0.2) is 0 Å². The van der Waals surface area contributed by atoms with Gasteiger partial charge in [-0.15, -0.1) is 0 Å². The van der Waals surface area contributed by atoms with Crippen molar-refractivity contribution in [2.45, 2.75) is 5.72 Å². The van der Waals surface area contributed by atoms with Crippen LogP contribution in [0.4, 0.5) is 0 Å². The summed E-state index contributed by atoms with van der Waals surface area (Å²) in [6.07, 6.45) is 0. The van der Waals surface area contributed by atoms with Crippen molar-refractivity contribution in [2.24, 2.45) is 5.73 Å². The van der Waals surface area contributed by atoms with Crippen molar-refractivity contribution in [3.63, 3.8) is 0 Å². The van der Waals surface area contributed by atoms with Crippen LogP contribution in [-0.2, 0) is 14.3 Å². The number of rotatable bonds is 2. The second-order valence-electron chi connectivity index (χ2n) is 2.13. The number of carboxylic acid groups (broad SMARTS) is 1. The van der Waals surface area contributed by atoms with Gasteiger partial charge in [-0.25, -0.2) is 4.79 Å². The number of carbonyl (C=O) groups excluding carboxylic acids is 1. The van der Waals surface area contributed by atoms with Gasteiger partial charge in [0.15, 0.2) is 0 Å². The van der Waals surface area contributed by atoms with Crippen LogP contribution in [-0.4, -0.2) is 35.9 Å². The molecule has 62 valence electrons. The second kappa shape index (κ2) is 2.48. The van der Waals surface area contributed by atoms with Crippen LogP contribution in [0.2, 0.25) is 0 Å². The predicted octanol–water partition coefficient (Wildman–Crippen LogP) is -2.13. The zero-order chi connectivity index (χ0) is 8.48. The normalized spacial score (nSPS) is 30.2. The predicted molar refractivity (Wildman–Crippen MR) is 33.5 cm³/mol. The van der Waals surface area contributed by atoms with Crippen molar-refractivity contribution < 1.29 is 19.4 Å². The van der Waals surface area contributed by atoms with Gasteiger partial charge in [-0.05, 0) is 0 Å². The Kier molecular flexibility index (Phi) is 1.79. The van der Waals surface area contributed by atoms with E-state index in [0.29, 0.717) is 6.54 Å². The monoisotopic (exact) mass is 160 g/mol. The van der Waals surface area contributed by atoms with E-state index >= 15 is 0 Å². The summed E-state index contributed by atoms with van der Waals surface area (Å²) in [4.78, 5) is 21.1. The van der Waals surface area contributed by atoms with E-state index in [4.69, 9.17) is 10.8 Å². The summed E-state index contributed by atoms with van der Waals surface area (Å²) < 4.78 is 4.68. The molecule has 0 aromatic heterocycles. The van der Waals surface area contributed by atoms with E-state index in [1.165, 1.54) is 0 Å². The molecule has 0 spiro atoms. The lowest BCUT2D eigenvalue weighted by molar-refractivity contribution is -0.168. The number of ether oxygens (including phenoxy) is 1. The average molecular weight is 160 g/mol.